The lowest BCUT2D eigenvalue weighted by molar-refractivity contribution is 0.0711. The van der Waals surface area contributed by atoms with Crippen LogP contribution in [0.2, 0.25) is 0 Å². The number of rotatable bonds is 5. The molecule has 0 amide bonds. The first kappa shape index (κ1) is 17.2. The van der Waals surface area contributed by atoms with Gasteiger partial charge in [-0.05, 0) is 37.6 Å². The zero-order valence-corrected chi connectivity index (χ0v) is 15.6. The number of likely N-dealkylation sites (tertiary alicyclic amines) is 1. The van der Waals surface area contributed by atoms with E-state index in [-0.39, 0.29) is 0 Å². The van der Waals surface area contributed by atoms with E-state index >= 15 is 0 Å². The Morgan fingerprint density at radius 2 is 2.00 bits per heavy atom. The van der Waals surface area contributed by atoms with E-state index in [2.05, 4.69) is 68.5 Å². The van der Waals surface area contributed by atoms with Crippen LogP contribution < -0.4 is 0 Å². The van der Waals surface area contributed by atoms with Gasteiger partial charge in [0.05, 0.1) is 11.9 Å². The summed E-state index contributed by atoms with van der Waals surface area (Å²) in [5.41, 5.74) is 2.61. The van der Waals surface area contributed by atoms with Gasteiger partial charge in [0.1, 0.15) is 0 Å². The standard InChI is InChI=1S/C21H27N5/c1-17-14-25(15-18-7-4-3-5-8-18)12-9-20(17)24(2)16-19-13-23-21-22-10-6-11-26(19)21/h3-8,10-11,13,17,20H,9,12,14-16H2,1-2H3/t17-,20+/m1/s1. The fourth-order valence-corrected chi connectivity index (χ4v) is 4.23. The van der Waals surface area contributed by atoms with Crippen LogP contribution in [-0.4, -0.2) is 50.3 Å². The zero-order valence-electron chi connectivity index (χ0n) is 15.6. The molecule has 1 fully saturated rings. The third-order valence-corrected chi connectivity index (χ3v) is 5.54. The lowest BCUT2D eigenvalue weighted by atomic mass is 9.92. The van der Waals surface area contributed by atoms with Gasteiger partial charge < -0.3 is 0 Å². The van der Waals surface area contributed by atoms with Crippen molar-refractivity contribution in [2.75, 3.05) is 20.1 Å². The molecular weight excluding hydrogens is 322 g/mol. The number of imidazole rings is 1. The van der Waals surface area contributed by atoms with Crippen molar-refractivity contribution in [3.63, 3.8) is 0 Å². The van der Waals surface area contributed by atoms with Crippen LogP contribution in [0.15, 0.2) is 55.0 Å². The topological polar surface area (TPSA) is 36.7 Å². The molecule has 2 atom stereocenters. The molecule has 0 unspecified atom stereocenters. The molecule has 1 aliphatic rings. The van der Waals surface area contributed by atoms with Crippen molar-refractivity contribution in [1.82, 2.24) is 24.2 Å². The Hall–Kier alpha value is -2.24. The molecule has 3 aromatic rings. The Labute approximate surface area is 155 Å². The van der Waals surface area contributed by atoms with Crippen LogP contribution in [-0.2, 0) is 13.1 Å². The molecule has 2 aromatic heterocycles. The summed E-state index contributed by atoms with van der Waals surface area (Å²) in [6, 6.07) is 13.4. The van der Waals surface area contributed by atoms with Crippen LogP contribution in [0.25, 0.3) is 5.78 Å². The van der Waals surface area contributed by atoms with E-state index in [0.29, 0.717) is 12.0 Å². The predicted molar refractivity (Wildman–Crippen MR) is 104 cm³/mol. The third-order valence-electron chi connectivity index (χ3n) is 5.54. The second-order valence-electron chi connectivity index (χ2n) is 7.51. The molecule has 0 bridgehead atoms. The highest BCUT2D eigenvalue weighted by Gasteiger charge is 2.29. The summed E-state index contributed by atoms with van der Waals surface area (Å²) in [4.78, 5) is 13.8. The highest BCUT2D eigenvalue weighted by atomic mass is 15.2. The Balaban J connectivity index is 1.38. The van der Waals surface area contributed by atoms with E-state index in [1.54, 1.807) is 6.20 Å². The fraction of sp³-hybridized carbons (Fsp3) is 0.429. The van der Waals surface area contributed by atoms with Gasteiger partial charge in [-0.15, -0.1) is 0 Å². The number of aromatic nitrogens is 3. The van der Waals surface area contributed by atoms with Crippen molar-refractivity contribution in [2.24, 2.45) is 5.92 Å². The van der Waals surface area contributed by atoms with Gasteiger partial charge in [0, 0.05) is 38.1 Å². The normalized spacial score (nSPS) is 21.5. The Morgan fingerprint density at radius 1 is 1.15 bits per heavy atom. The molecule has 5 heteroatoms. The second kappa shape index (κ2) is 7.56. The van der Waals surface area contributed by atoms with Crippen molar-refractivity contribution in [2.45, 2.75) is 32.5 Å². The largest absolute Gasteiger partial charge is 0.299 e. The molecule has 0 N–H and O–H groups in total. The lowest BCUT2D eigenvalue weighted by Crippen LogP contribution is -2.48. The Kier molecular flexibility index (Phi) is 5.00. The van der Waals surface area contributed by atoms with Gasteiger partial charge in [0.2, 0.25) is 5.78 Å². The number of hydrogen-bond acceptors (Lipinski definition) is 4. The molecule has 0 aliphatic carbocycles. The van der Waals surface area contributed by atoms with Gasteiger partial charge in [-0.25, -0.2) is 9.97 Å². The SMILES string of the molecule is C[C@@H]1CN(Cc2ccccc2)CC[C@@H]1N(C)Cc1cnc2ncccn12. The maximum absolute atomic E-state index is 4.41. The summed E-state index contributed by atoms with van der Waals surface area (Å²) in [5.74, 6) is 1.43. The summed E-state index contributed by atoms with van der Waals surface area (Å²) in [5, 5.41) is 0. The average molecular weight is 349 g/mol. The molecule has 26 heavy (non-hydrogen) atoms. The first-order valence-electron chi connectivity index (χ1n) is 9.44. The summed E-state index contributed by atoms with van der Waals surface area (Å²) in [6.45, 7) is 6.65. The monoisotopic (exact) mass is 349 g/mol. The van der Waals surface area contributed by atoms with E-state index in [9.17, 15) is 0 Å². The van der Waals surface area contributed by atoms with Gasteiger partial charge in [-0.1, -0.05) is 37.3 Å². The molecule has 1 aliphatic heterocycles. The molecule has 136 valence electrons. The van der Waals surface area contributed by atoms with E-state index in [0.717, 1.165) is 32.0 Å². The molecule has 1 aromatic carbocycles. The molecular formula is C21H27N5. The minimum atomic E-state index is 0.601. The van der Waals surface area contributed by atoms with Crippen molar-refractivity contribution in [3.8, 4) is 0 Å². The summed E-state index contributed by atoms with van der Waals surface area (Å²) in [6.07, 6.45) is 7.00. The van der Waals surface area contributed by atoms with Crippen LogP contribution in [0.1, 0.15) is 24.6 Å². The van der Waals surface area contributed by atoms with Crippen LogP contribution in [0.5, 0.6) is 0 Å². The first-order valence-corrected chi connectivity index (χ1v) is 9.44. The van der Waals surface area contributed by atoms with Gasteiger partial charge in [0.15, 0.2) is 0 Å². The van der Waals surface area contributed by atoms with E-state index in [1.165, 1.54) is 17.7 Å². The molecule has 0 saturated carbocycles. The van der Waals surface area contributed by atoms with Crippen molar-refractivity contribution < 1.29 is 0 Å². The van der Waals surface area contributed by atoms with E-state index in [4.69, 9.17) is 0 Å². The van der Waals surface area contributed by atoms with Crippen LogP contribution in [0.3, 0.4) is 0 Å². The zero-order chi connectivity index (χ0) is 17.9. The highest BCUT2D eigenvalue weighted by Crippen LogP contribution is 2.24. The molecule has 0 radical (unpaired) electrons. The molecule has 4 rings (SSSR count). The van der Waals surface area contributed by atoms with Gasteiger partial charge in [-0.2, -0.15) is 0 Å². The quantitative estimate of drug-likeness (QED) is 0.709. The number of piperidine rings is 1. The molecule has 1 saturated heterocycles. The second-order valence-corrected chi connectivity index (χ2v) is 7.51. The lowest BCUT2D eigenvalue weighted by Gasteiger charge is -2.41. The minimum absolute atomic E-state index is 0.601. The average Bonchev–Trinajstić information content (AvgIpc) is 3.06. The molecule has 3 heterocycles. The molecule has 5 nitrogen and oxygen atoms in total. The van der Waals surface area contributed by atoms with Crippen LogP contribution in [0, 0.1) is 5.92 Å². The Morgan fingerprint density at radius 3 is 2.81 bits per heavy atom. The summed E-state index contributed by atoms with van der Waals surface area (Å²) >= 11 is 0. The first-order chi connectivity index (χ1) is 12.7. The van der Waals surface area contributed by atoms with E-state index in [1.807, 2.05) is 18.5 Å². The van der Waals surface area contributed by atoms with Crippen LogP contribution >= 0.6 is 0 Å². The number of benzene rings is 1. The molecule has 0 spiro atoms. The smallest absolute Gasteiger partial charge is 0.233 e. The summed E-state index contributed by atoms with van der Waals surface area (Å²) in [7, 11) is 2.24. The van der Waals surface area contributed by atoms with Gasteiger partial charge >= 0.3 is 0 Å². The van der Waals surface area contributed by atoms with Crippen LogP contribution in [0.4, 0.5) is 0 Å². The van der Waals surface area contributed by atoms with Gasteiger partial charge in [-0.3, -0.25) is 14.2 Å². The maximum Gasteiger partial charge on any atom is 0.233 e. The number of nitrogens with zero attached hydrogens (tertiary/aromatic N) is 5. The van der Waals surface area contributed by atoms with Gasteiger partial charge in [0.25, 0.3) is 0 Å². The predicted octanol–water partition coefficient (Wildman–Crippen LogP) is 3.07. The van der Waals surface area contributed by atoms with Crippen molar-refractivity contribution >= 4 is 5.78 Å². The summed E-state index contributed by atoms with van der Waals surface area (Å²) < 4.78 is 2.09. The number of hydrogen-bond donors (Lipinski definition) is 0. The fourth-order valence-electron chi connectivity index (χ4n) is 4.23. The number of fused-ring (bicyclic) bond motifs is 1. The minimum Gasteiger partial charge on any atom is -0.299 e. The highest BCUT2D eigenvalue weighted by molar-refractivity contribution is 5.30. The van der Waals surface area contributed by atoms with E-state index < -0.39 is 0 Å². The maximum atomic E-state index is 4.41. The van der Waals surface area contributed by atoms with Crippen molar-refractivity contribution in [3.05, 3.63) is 66.2 Å². The van der Waals surface area contributed by atoms with Crippen molar-refractivity contribution in [1.29, 1.82) is 0 Å². The third kappa shape index (κ3) is 3.64. The Bertz CT molecular complexity index is 844.